The molecule has 0 heterocycles. The fourth-order valence-corrected chi connectivity index (χ4v) is 0.872. The normalized spacial score (nSPS) is 10.8. The Morgan fingerprint density at radius 1 is 1.43 bits per heavy atom. The molecule has 0 aromatic rings. The van der Waals surface area contributed by atoms with Gasteiger partial charge in [0.1, 0.15) is 0 Å². The number of carboxylic acid groups (broad SMARTS) is 1. The largest absolute Gasteiger partial charge is 0.473 e. The monoisotopic (exact) mass is 200 g/mol. The van der Waals surface area contributed by atoms with E-state index in [0.717, 1.165) is 25.5 Å². The summed E-state index contributed by atoms with van der Waals surface area (Å²) in [6.45, 7) is 4.27. The van der Waals surface area contributed by atoms with Crippen molar-refractivity contribution < 1.29 is 19.4 Å². The molecule has 0 bridgehead atoms. The summed E-state index contributed by atoms with van der Waals surface area (Å²) in [7, 11) is 0. The van der Waals surface area contributed by atoms with Crippen molar-refractivity contribution in [1.82, 2.24) is 0 Å². The summed E-state index contributed by atoms with van der Waals surface area (Å²) in [4.78, 5) is 20.4. The molecule has 1 N–H and O–H groups in total. The molecule has 0 aliphatic heterocycles. The van der Waals surface area contributed by atoms with Gasteiger partial charge in [0, 0.05) is 0 Å². The van der Waals surface area contributed by atoms with Gasteiger partial charge in [-0.25, -0.2) is 9.59 Å². The number of allylic oxidation sites excluding steroid dienone is 1. The van der Waals surface area contributed by atoms with Crippen LogP contribution in [0.25, 0.3) is 0 Å². The van der Waals surface area contributed by atoms with E-state index in [0.29, 0.717) is 5.92 Å². The molecule has 0 atom stereocenters. The second-order valence-electron chi connectivity index (χ2n) is 3.41. The number of carbonyl (C=O) groups is 2. The van der Waals surface area contributed by atoms with E-state index >= 15 is 0 Å². The fraction of sp³-hybridized carbons (Fsp3) is 0.600. The topological polar surface area (TPSA) is 63.6 Å². The molecule has 14 heavy (non-hydrogen) atoms. The number of hydrogen-bond donors (Lipinski definition) is 1. The van der Waals surface area contributed by atoms with Gasteiger partial charge in [-0.15, -0.1) is 0 Å². The van der Waals surface area contributed by atoms with Crippen molar-refractivity contribution in [3.8, 4) is 0 Å². The first-order chi connectivity index (χ1) is 6.54. The lowest BCUT2D eigenvalue weighted by Crippen LogP contribution is -2.13. The molecule has 4 nitrogen and oxygen atoms in total. The molecule has 0 rings (SSSR count). The Balaban J connectivity index is 3.45. The van der Waals surface area contributed by atoms with Gasteiger partial charge in [0.15, 0.2) is 0 Å². The van der Waals surface area contributed by atoms with Crippen LogP contribution in [0.2, 0.25) is 0 Å². The van der Waals surface area contributed by atoms with E-state index in [9.17, 15) is 9.59 Å². The summed E-state index contributed by atoms with van der Waals surface area (Å²) in [5.41, 5.74) is 0. The summed E-state index contributed by atoms with van der Waals surface area (Å²) in [5.74, 6) is -2.16. The van der Waals surface area contributed by atoms with Crippen LogP contribution in [0.4, 0.5) is 0 Å². The zero-order valence-electron chi connectivity index (χ0n) is 8.53. The molecular formula is C10H16O4. The van der Waals surface area contributed by atoms with Crippen molar-refractivity contribution in [3.05, 3.63) is 12.3 Å². The highest BCUT2D eigenvalue weighted by Crippen LogP contribution is 2.06. The molecule has 0 aromatic heterocycles. The highest BCUT2D eigenvalue weighted by Gasteiger charge is 2.10. The van der Waals surface area contributed by atoms with Gasteiger partial charge in [-0.05, 0) is 24.8 Å². The van der Waals surface area contributed by atoms with Gasteiger partial charge in [0.2, 0.25) is 0 Å². The molecule has 0 unspecified atom stereocenters. The van der Waals surface area contributed by atoms with Gasteiger partial charge in [0.05, 0.1) is 6.26 Å². The highest BCUT2D eigenvalue weighted by molar-refractivity contribution is 6.28. The van der Waals surface area contributed by atoms with E-state index < -0.39 is 11.9 Å². The van der Waals surface area contributed by atoms with Crippen LogP contribution < -0.4 is 0 Å². The van der Waals surface area contributed by atoms with Crippen molar-refractivity contribution in [1.29, 1.82) is 0 Å². The molecule has 0 amide bonds. The van der Waals surface area contributed by atoms with Crippen molar-refractivity contribution >= 4 is 11.9 Å². The molecule has 0 fully saturated rings. The Morgan fingerprint density at radius 3 is 2.57 bits per heavy atom. The number of rotatable bonds is 5. The SMILES string of the molecule is CC(C)CCCC=COC(=O)C(=O)O. The van der Waals surface area contributed by atoms with Gasteiger partial charge in [-0.3, -0.25) is 0 Å². The minimum absolute atomic E-state index is 0.657. The van der Waals surface area contributed by atoms with Crippen LogP contribution in [0.3, 0.4) is 0 Å². The number of esters is 1. The van der Waals surface area contributed by atoms with Crippen LogP contribution in [0.5, 0.6) is 0 Å². The predicted molar refractivity (Wildman–Crippen MR) is 51.6 cm³/mol. The summed E-state index contributed by atoms with van der Waals surface area (Å²) in [6.07, 6.45) is 5.71. The Labute approximate surface area is 83.6 Å². The fourth-order valence-electron chi connectivity index (χ4n) is 0.872. The second kappa shape index (κ2) is 7.12. The van der Waals surface area contributed by atoms with Gasteiger partial charge < -0.3 is 9.84 Å². The van der Waals surface area contributed by atoms with E-state index in [1.165, 1.54) is 0 Å². The first kappa shape index (κ1) is 12.7. The Bertz CT molecular complexity index is 218. The third-order valence-electron chi connectivity index (χ3n) is 1.60. The van der Waals surface area contributed by atoms with E-state index in [1.807, 2.05) is 0 Å². The first-order valence-corrected chi connectivity index (χ1v) is 4.63. The van der Waals surface area contributed by atoms with Crippen LogP contribution in [0, 0.1) is 5.92 Å². The zero-order valence-corrected chi connectivity index (χ0v) is 8.53. The van der Waals surface area contributed by atoms with E-state index in [2.05, 4.69) is 18.6 Å². The summed E-state index contributed by atoms with van der Waals surface area (Å²) >= 11 is 0. The molecule has 4 heteroatoms. The van der Waals surface area contributed by atoms with Gasteiger partial charge >= 0.3 is 11.9 Å². The van der Waals surface area contributed by atoms with Crippen LogP contribution in [-0.4, -0.2) is 17.0 Å². The maximum absolute atomic E-state index is 10.4. The molecule has 80 valence electrons. The van der Waals surface area contributed by atoms with Crippen molar-refractivity contribution in [2.24, 2.45) is 5.92 Å². The number of aliphatic carboxylic acids is 1. The number of carboxylic acids is 1. The lowest BCUT2D eigenvalue weighted by molar-refractivity contribution is -0.160. The first-order valence-electron chi connectivity index (χ1n) is 4.63. The van der Waals surface area contributed by atoms with E-state index in [1.54, 1.807) is 6.08 Å². The zero-order chi connectivity index (χ0) is 11.0. The van der Waals surface area contributed by atoms with Crippen molar-refractivity contribution in [3.63, 3.8) is 0 Å². The number of unbranched alkanes of at least 4 members (excludes halogenated alkanes) is 1. The lowest BCUT2D eigenvalue weighted by Gasteiger charge is -2.00. The number of carbonyl (C=O) groups excluding carboxylic acids is 1. The minimum atomic E-state index is -1.57. The van der Waals surface area contributed by atoms with Gasteiger partial charge in [-0.1, -0.05) is 20.3 Å². The average Bonchev–Trinajstić information content (AvgIpc) is 2.09. The third-order valence-corrected chi connectivity index (χ3v) is 1.60. The molecule has 0 radical (unpaired) electrons. The molecular weight excluding hydrogens is 184 g/mol. The highest BCUT2D eigenvalue weighted by atomic mass is 16.6. The molecule has 0 saturated carbocycles. The Morgan fingerprint density at radius 2 is 2.07 bits per heavy atom. The van der Waals surface area contributed by atoms with Crippen LogP contribution >= 0.6 is 0 Å². The summed E-state index contributed by atoms with van der Waals surface area (Å²) in [5, 5.41) is 8.15. The lowest BCUT2D eigenvalue weighted by atomic mass is 10.1. The minimum Gasteiger partial charge on any atom is -0.473 e. The second-order valence-corrected chi connectivity index (χ2v) is 3.41. The van der Waals surface area contributed by atoms with Crippen LogP contribution in [-0.2, 0) is 14.3 Å². The van der Waals surface area contributed by atoms with Crippen LogP contribution in [0.15, 0.2) is 12.3 Å². The molecule has 0 spiro atoms. The Hall–Kier alpha value is -1.32. The molecule has 0 aromatic carbocycles. The van der Waals surface area contributed by atoms with E-state index in [4.69, 9.17) is 5.11 Å². The van der Waals surface area contributed by atoms with E-state index in [-0.39, 0.29) is 0 Å². The van der Waals surface area contributed by atoms with Crippen LogP contribution in [0.1, 0.15) is 33.1 Å². The molecule has 0 aliphatic rings. The summed E-state index contributed by atoms with van der Waals surface area (Å²) in [6, 6.07) is 0. The van der Waals surface area contributed by atoms with Gasteiger partial charge in [0.25, 0.3) is 0 Å². The molecule has 0 aliphatic carbocycles. The quantitative estimate of drug-likeness (QED) is 0.319. The standard InChI is InChI=1S/C10H16O4/c1-8(2)6-4-3-5-7-14-10(13)9(11)12/h5,7-8H,3-4,6H2,1-2H3,(H,11,12). The predicted octanol–water partition coefficient (Wildman–Crippen LogP) is 1.95. The molecule has 0 saturated heterocycles. The number of ether oxygens (including phenoxy) is 1. The average molecular weight is 200 g/mol. The number of hydrogen-bond acceptors (Lipinski definition) is 3. The van der Waals surface area contributed by atoms with Crippen molar-refractivity contribution in [2.75, 3.05) is 0 Å². The summed E-state index contributed by atoms with van der Waals surface area (Å²) < 4.78 is 4.29. The van der Waals surface area contributed by atoms with Crippen molar-refractivity contribution in [2.45, 2.75) is 33.1 Å². The smallest absolute Gasteiger partial charge is 0.422 e. The van der Waals surface area contributed by atoms with Gasteiger partial charge in [-0.2, -0.15) is 0 Å². The third kappa shape index (κ3) is 7.34. The maximum Gasteiger partial charge on any atom is 0.422 e. The maximum atomic E-state index is 10.4. The Kier molecular flexibility index (Phi) is 6.45.